The van der Waals surface area contributed by atoms with Crippen molar-refractivity contribution < 1.29 is 14.6 Å². The molecular weight excluding hydrogens is 360 g/mol. The predicted octanol–water partition coefficient (Wildman–Crippen LogP) is 1.92. The van der Waals surface area contributed by atoms with Crippen molar-refractivity contribution in [1.82, 2.24) is 19.5 Å². The second-order valence-corrected chi connectivity index (χ2v) is 6.28. The molecule has 0 saturated carbocycles. The Labute approximate surface area is 161 Å². The van der Waals surface area contributed by atoms with Gasteiger partial charge in [0.25, 0.3) is 0 Å². The van der Waals surface area contributed by atoms with Gasteiger partial charge in [0, 0.05) is 18.3 Å². The number of fused-ring (bicyclic) bond motifs is 1. The summed E-state index contributed by atoms with van der Waals surface area (Å²) in [4.78, 5) is 13.2. The molecule has 1 atom stereocenters. The Morgan fingerprint density at radius 2 is 2.14 bits per heavy atom. The zero-order valence-corrected chi connectivity index (χ0v) is 15.2. The number of nitriles is 1. The van der Waals surface area contributed by atoms with Crippen LogP contribution < -0.4 is 14.8 Å². The molecule has 2 N–H and O–H groups in total. The Kier molecular flexibility index (Phi) is 4.78. The van der Waals surface area contributed by atoms with Crippen LogP contribution in [0.2, 0.25) is 0 Å². The highest BCUT2D eigenvalue weighted by atomic mass is 16.7. The van der Waals surface area contributed by atoms with Crippen LogP contribution >= 0.6 is 0 Å². The van der Waals surface area contributed by atoms with Crippen molar-refractivity contribution in [3.63, 3.8) is 0 Å². The third-order valence-corrected chi connectivity index (χ3v) is 4.15. The van der Waals surface area contributed by atoms with E-state index in [9.17, 15) is 10.4 Å². The normalized spacial score (nSPS) is 13.2. The maximum absolute atomic E-state index is 9.46. The van der Waals surface area contributed by atoms with Crippen LogP contribution in [0.25, 0.3) is 17.2 Å². The highest BCUT2D eigenvalue weighted by Crippen LogP contribution is 2.36. The number of imidazole rings is 1. The molecule has 0 spiro atoms. The van der Waals surface area contributed by atoms with E-state index >= 15 is 0 Å². The Bertz CT molecular complexity index is 1040. The summed E-state index contributed by atoms with van der Waals surface area (Å²) < 4.78 is 12.6. The number of hydrogen-bond acceptors (Lipinski definition) is 8. The molecule has 142 valence electrons. The van der Waals surface area contributed by atoms with Crippen molar-refractivity contribution in [2.24, 2.45) is 0 Å². The molecule has 1 unspecified atom stereocenters. The lowest BCUT2D eigenvalue weighted by molar-refractivity contribution is 0.174. The molecule has 0 saturated heterocycles. The van der Waals surface area contributed by atoms with Gasteiger partial charge in [-0.15, -0.1) is 0 Å². The summed E-state index contributed by atoms with van der Waals surface area (Å²) in [7, 11) is 0. The van der Waals surface area contributed by atoms with Crippen LogP contribution in [-0.2, 0) is 6.42 Å². The van der Waals surface area contributed by atoms with E-state index in [1.807, 2.05) is 22.8 Å². The minimum absolute atomic E-state index is 0.179. The number of aliphatic hydroxyl groups is 1. The number of anilines is 1. The molecule has 1 aliphatic rings. The molecule has 1 aliphatic heterocycles. The summed E-state index contributed by atoms with van der Waals surface area (Å²) in [5.41, 5.74) is 1.51. The quantitative estimate of drug-likeness (QED) is 0.668. The smallest absolute Gasteiger partial charge is 0.231 e. The van der Waals surface area contributed by atoms with Crippen molar-refractivity contribution in [1.29, 1.82) is 5.26 Å². The minimum Gasteiger partial charge on any atom is -0.454 e. The van der Waals surface area contributed by atoms with Crippen LogP contribution in [0.15, 0.2) is 36.7 Å². The first-order valence-corrected chi connectivity index (χ1v) is 8.74. The molecule has 9 nitrogen and oxygen atoms in total. The Balaban J connectivity index is 1.77. The van der Waals surface area contributed by atoms with Crippen molar-refractivity contribution >= 4 is 5.95 Å². The van der Waals surface area contributed by atoms with E-state index < -0.39 is 6.10 Å². The predicted molar refractivity (Wildman–Crippen MR) is 100 cm³/mol. The molecule has 9 heteroatoms. The van der Waals surface area contributed by atoms with Crippen LogP contribution in [0.4, 0.5) is 5.95 Å². The highest BCUT2D eigenvalue weighted by Gasteiger charge is 2.19. The summed E-state index contributed by atoms with van der Waals surface area (Å²) in [6, 6.07) is 9.47. The number of rotatable bonds is 6. The fourth-order valence-corrected chi connectivity index (χ4v) is 2.89. The van der Waals surface area contributed by atoms with Crippen molar-refractivity contribution in [2.75, 3.05) is 18.7 Å². The van der Waals surface area contributed by atoms with Crippen LogP contribution in [0.3, 0.4) is 0 Å². The Morgan fingerprint density at radius 1 is 1.29 bits per heavy atom. The zero-order valence-electron chi connectivity index (χ0n) is 15.2. The van der Waals surface area contributed by atoms with Crippen LogP contribution in [0.5, 0.6) is 11.5 Å². The van der Waals surface area contributed by atoms with Gasteiger partial charge in [-0.05, 0) is 31.2 Å². The molecule has 0 fully saturated rings. The number of nitrogens with zero attached hydrogens (tertiary/aromatic N) is 5. The fourth-order valence-electron chi connectivity index (χ4n) is 2.89. The van der Waals surface area contributed by atoms with Crippen LogP contribution in [0, 0.1) is 11.3 Å². The first-order chi connectivity index (χ1) is 13.7. The molecule has 2 aromatic heterocycles. The molecule has 0 aliphatic carbocycles. The highest BCUT2D eigenvalue weighted by molar-refractivity contribution is 5.64. The van der Waals surface area contributed by atoms with Gasteiger partial charge in [0.1, 0.15) is 11.6 Å². The summed E-state index contributed by atoms with van der Waals surface area (Å²) in [5.74, 6) is 2.91. The third kappa shape index (κ3) is 3.45. The van der Waals surface area contributed by atoms with Gasteiger partial charge in [-0.3, -0.25) is 4.57 Å². The number of benzene rings is 1. The third-order valence-electron chi connectivity index (χ3n) is 4.15. The summed E-state index contributed by atoms with van der Waals surface area (Å²) in [6.45, 7) is 2.19. The minimum atomic E-state index is -0.529. The summed E-state index contributed by atoms with van der Waals surface area (Å²) in [5, 5.41) is 21.6. The van der Waals surface area contributed by atoms with E-state index in [1.54, 1.807) is 25.4 Å². The van der Waals surface area contributed by atoms with E-state index in [0.717, 1.165) is 5.56 Å². The molecule has 0 bridgehead atoms. The van der Waals surface area contributed by atoms with Crippen molar-refractivity contribution in [3.05, 3.63) is 42.4 Å². The van der Waals surface area contributed by atoms with Crippen molar-refractivity contribution in [3.8, 4) is 34.8 Å². The zero-order chi connectivity index (χ0) is 19.5. The monoisotopic (exact) mass is 378 g/mol. The van der Waals surface area contributed by atoms with Gasteiger partial charge in [-0.2, -0.15) is 10.2 Å². The Hall–Kier alpha value is -3.64. The molecule has 4 rings (SSSR count). The molecule has 0 amide bonds. The SMILES string of the molecule is CC(O)CNc1nccc(-n2c(CC#N)cnc2-c2ccc3c(c2)OCO3)n1. The van der Waals surface area contributed by atoms with E-state index in [4.69, 9.17) is 9.47 Å². The van der Waals surface area contributed by atoms with Gasteiger partial charge in [0.05, 0.1) is 30.5 Å². The number of hydrogen-bond donors (Lipinski definition) is 2. The van der Waals surface area contributed by atoms with Gasteiger partial charge in [-0.25, -0.2) is 9.97 Å². The van der Waals surface area contributed by atoms with E-state index in [-0.39, 0.29) is 13.2 Å². The first-order valence-electron chi connectivity index (χ1n) is 8.74. The molecule has 3 heterocycles. The van der Waals surface area contributed by atoms with Gasteiger partial charge in [-0.1, -0.05) is 0 Å². The lowest BCUT2D eigenvalue weighted by Crippen LogP contribution is -2.17. The van der Waals surface area contributed by atoms with Gasteiger partial charge >= 0.3 is 0 Å². The average molecular weight is 378 g/mol. The molecule has 3 aromatic rings. The maximum atomic E-state index is 9.46. The number of ether oxygens (including phenoxy) is 2. The molecular formula is C19H18N6O3. The number of aromatic nitrogens is 4. The van der Waals surface area contributed by atoms with Gasteiger partial charge in [0.15, 0.2) is 11.5 Å². The molecule has 0 radical (unpaired) electrons. The van der Waals surface area contributed by atoms with E-state index in [2.05, 4.69) is 26.3 Å². The van der Waals surface area contributed by atoms with Gasteiger partial charge < -0.3 is 19.9 Å². The standard InChI is InChI=1S/C19H18N6O3/c1-12(26)9-23-19-21-7-5-17(24-19)25-14(4-6-20)10-22-18(25)13-2-3-15-16(8-13)28-11-27-15/h2-3,5,7-8,10,12,26H,4,9,11H2,1H3,(H,21,23,24). The van der Waals surface area contributed by atoms with Crippen LogP contribution in [-0.4, -0.2) is 44.1 Å². The largest absolute Gasteiger partial charge is 0.454 e. The first kappa shape index (κ1) is 17.8. The average Bonchev–Trinajstić information content (AvgIpc) is 3.33. The number of nitrogens with one attached hydrogen (secondary N) is 1. The second-order valence-electron chi connectivity index (χ2n) is 6.28. The summed E-state index contributed by atoms with van der Waals surface area (Å²) in [6.07, 6.45) is 2.93. The van der Waals surface area contributed by atoms with Crippen LogP contribution in [0.1, 0.15) is 12.6 Å². The second kappa shape index (κ2) is 7.54. The van der Waals surface area contributed by atoms with Crippen molar-refractivity contribution in [2.45, 2.75) is 19.4 Å². The molecule has 28 heavy (non-hydrogen) atoms. The number of aliphatic hydroxyl groups excluding tert-OH is 1. The van der Waals surface area contributed by atoms with E-state index in [1.165, 1.54) is 0 Å². The lowest BCUT2D eigenvalue weighted by atomic mass is 10.2. The fraction of sp³-hybridized carbons (Fsp3) is 0.263. The maximum Gasteiger partial charge on any atom is 0.231 e. The Morgan fingerprint density at radius 3 is 2.96 bits per heavy atom. The molecule has 1 aromatic carbocycles. The summed E-state index contributed by atoms with van der Waals surface area (Å²) >= 11 is 0. The lowest BCUT2D eigenvalue weighted by Gasteiger charge is -2.12. The topological polar surface area (TPSA) is 118 Å². The van der Waals surface area contributed by atoms with E-state index in [0.29, 0.717) is 41.3 Å². The van der Waals surface area contributed by atoms with Gasteiger partial charge in [0.2, 0.25) is 12.7 Å².